The first kappa shape index (κ1) is 20.0. The Balaban J connectivity index is 0.00000139. The molecule has 0 radical (unpaired) electrons. The molecule has 0 spiro atoms. The minimum absolute atomic E-state index is 0.497. The first-order chi connectivity index (χ1) is 11.7. The van der Waals surface area contributed by atoms with Gasteiger partial charge in [0.05, 0.1) is 0 Å². The summed E-state index contributed by atoms with van der Waals surface area (Å²) in [5.41, 5.74) is 3.93. The summed E-state index contributed by atoms with van der Waals surface area (Å²) in [6.45, 7) is 15.0. The Hall–Kier alpha value is -2.02. The molecule has 0 atom stereocenters. The van der Waals surface area contributed by atoms with Crippen LogP contribution in [0, 0.1) is 6.92 Å². The molecule has 2 aromatic rings. The number of aryl methyl sites for hydroxylation is 1. The van der Waals surface area contributed by atoms with Crippen molar-refractivity contribution in [3.63, 3.8) is 0 Å². The summed E-state index contributed by atoms with van der Waals surface area (Å²) in [6, 6.07) is 15.1. The SMILES string of the molecule is C=C.C=C/C=c1/cccc/c1=C(/C)CNc1ccc(C)cc1[Se]C. The molecule has 2 heteroatoms. The van der Waals surface area contributed by atoms with Crippen LogP contribution < -0.4 is 20.2 Å². The Bertz CT molecular complexity index is 790. The number of rotatable bonds is 5. The average Bonchev–Trinajstić information content (AvgIpc) is 2.62. The second kappa shape index (κ2) is 10.7. The summed E-state index contributed by atoms with van der Waals surface area (Å²) in [5.74, 6) is 2.26. The molecule has 2 aromatic carbocycles. The fourth-order valence-corrected chi connectivity index (χ4v) is 3.82. The van der Waals surface area contributed by atoms with E-state index >= 15 is 0 Å². The first-order valence-corrected chi connectivity index (χ1v) is 10.5. The summed E-state index contributed by atoms with van der Waals surface area (Å²) in [5, 5.41) is 6.10. The van der Waals surface area contributed by atoms with E-state index < -0.39 is 0 Å². The molecule has 2 rings (SSSR count). The van der Waals surface area contributed by atoms with Crippen molar-refractivity contribution in [1.29, 1.82) is 0 Å². The standard InChI is InChI=1S/C20H23NSe.C2H4/c1-5-8-17-9-6-7-10-18(17)16(3)14-21-19-12-11-15(2)13-20(19)22-4;1-2/h5-13,21H,1,14H2,2-4H3;1-2H2/b17-8-,18-16+;. The van der Waals surface area contributed by atoms with Crippen LogP contribution in [0.5, 0.6) is 0 Å². The summed E-state index contributed by atoms with van der Waals surface area (Å²) in [4.78, 5) is 0. The van der Waals surface area contributed by atoms with Crippen LogP contribution in [0.2, 0.25) is 5.82 Å². The maximum atomic E-state index is 3.80. The zero-order valence-electron chi connectivity index (χ0n) is 14.9. The van der Waals surface area contributed by atoms with E-state index in [0.29, 0.717) is 15.0 Å². The summed E-state index contributed by atoms with van der Waals surface area (Å²) in [7, 11) is 0. The van der Waals surface area contributed by atoms with Crippen LogP contribution in [0.1, 0.15) is 12.5 Å². The van der Waals surface area contributed by atoms with E-state index in [1.54, 1.807) is 0 Å². The fraction of sp³-hybridized carbons (Fsp3) is 0.182. The van der Waals surface area contributed by atoms with E-state index in [4.69, 9.17) is 0 Å². The third-order valence-corrected chi connectivity index (χ3v) is 5.25. The van der Waals surface area contributed by atoms with Crippen molar-refractivity contribution in [3.05, 3.63) is 84.3 Å². The predicted octanol–water partition coefficient (Wildman–Crippen LogP) is 3.42. The van der Waals surface area contributed by atoms with Gasteiger partial charge in [-0.2, -0.15) is 0 Å². The molecule has 0 aromatic heterocycles. The molecule has 1 N–H and O–H groups in total. The van der Waals surface area contributed by atoms with Gasteiger partial charge in [0, 0.05) is 0 Å². The van der Waals surface area contributed by atoms with E-state index in [1.165, 1.54) is 31.7 Å². The zero-order chi connectivity index (χ0) is 17.9. The van der Waals surface area contributed by atoms with Crippen molar-refractivity contribution in [2.45, 2.75) is 19.7 Å². The van der Waals surface area contributed by atoms with Crippen LogP contribution in [0.4, 0.5) is 5.69 Å². The normalized spacial score (nSPS) is 12.0. The van der Waals surface area contributed by atoms with Crippen LogP contribution in [0.15, 0.2) is 68.3 Å². The molecular formula is C22H27NSe. The van der Waals surface area contributed by atoms with Gasteiger partial charge >= 0.3 is 139 Å². The topological polar surface area (TPSA) is 12.0 Å². The number of nitrogens with one attached hydrogen (secondary N) is 1. The van der Waals surface area contributed by atoms with Crippen molar-refractivity contribution in [1.82, 2.24) is 0 Å². The van der Waals surface area contributed by atoms with Gasteiger partial charge < -0.3 is 0 Å². The van der Waals surface area contributed by atoms with Crippen LogP contribution in [-0.4, -0.2) is 21.5 Å². The molecule has 24 heavy (non-hydrogen) atoms. The Morgan fingerprint density at radius 3 is 2.54 bits per heavy atom. The van der Waals surface area contributed by atoms with Gasteiger partial charge in [0.1, 0.15) is 0 Å². The van der Waals surface area contributed by atoms with Crippen LogP contribution in [0.3, 0.4) is 0 Å². The minimum atomic E-state index is 0.497. The molecule has 0 aliphatic carbocycles. The Labute approximate surface area is 152 Å². The van der Waals surface area contributed by atoms with E-state index in [1.807, 2.05) is 6.08 Å². The van der Waals surface area contributed by atoms with Crippen LogP contribution in [-0.2, 0) is 0 Å². The molecule has 1 nitrogen and oxygen atoms in total. The van der Waals surface area contributed by atoms with Crippen molar-refractivity contribution in [3.8, 4) is 0 Å². The van der Waals surface area contributed by atoms with Gasteiger partial charge in [-0.15, -0.1) is 13.2 Å². The van der Waals surface area contributed by atoms with Gasteiger partial charge in [0.15, 0.2) is 0 Å². The molecule has 0 unspecified atom stereocenters. The summed E-state index contributed by atoms with van der Waals surface area (Å²) < 4.78 is 1.44. The van der Waals surface area contributed by atoms with Crippen molar-refractivity contribution in [2.75, 3.05) is 11.9 Å². The van der Waals surface area contributed by atoms with E-state index in [2.05, 4.69) is 93.3 Å². The molecule has 0 aliphatic heterocycles. The Morgan fingerprint density at radius 1 is 1.17 bits per heavy atom. The summed E-state index contributed by atoms with van der Waals surface area (Å²) >= 11 is 0.497. The monoisotopic (exact) mass is 385 g/mol. The average molecular weight is 384 g/mol. The molecule has 0 saturated heterocycles. The zero-order valence-corrected chi connectivity index (χ0v) is 16.6. The molecule has 0 amide bonds. The number of anilines is 1. The molecule has 0 heterocycles. The van der Waals surface area contributed by atoms with E-state index in [0.717, 1.165) is 6.54 Å². The second-order valence-electron chi connectivity index (χ2n) is 5.33. The molecular weight excluding hydrogens is 357 g/mol. The van der Waals surface area contributed by atoms with Gasteiger partial charge in [-0.3, -0.25) is 0 Å². The number of hydrogen-bond acceptors (Lipinski definition) is 1. The van der Waals surface area contributed by atoms with Crippen LogP contribution in [0.25, 0.3) is 11.6 Å². The van der Waals surface area contributed by atoms with Crippen molar-refractivity contribution < 1.29 is 0 Å². The van der Waals surface area contributed by atoms with Crippen molar-refractivity contribution >= 4 is 36.8 Å². The van der Waals surface area contributed by atoms with Crippen molar-refractivity contribution in [2.24, 2.45) is 0 Å². The first-order valence-electron chi connectivity index (χ1n) is 7.92. The quantitative estimate of drug-likeness (QED) is 0.615. The molecule has 0 fully saturated rings. The molecule has 0 saturated carbocycles. The van der Waals surface area contributed by atoms with Crippen LogP contribution >= 0.6 is 0 Å². The summed E-state index contributed by atoms with van der Waals surface area (Å²) in [6.07, 6.45) is 3.91. The third-order valence-electron chi connectivity index (χ3n) is 3.62. The predicted molar refractivity (Wildman–Crippen MR) is 112 cm³/mol. The molecule has 126 valence electrons. The Morgan fingerprint density at radius 2 is 1.88 bits per heavy atom. The molecule has 0 bridgehead atoms. The van der Waals surface area contributed by atoms with E-state index in [-0.39, 0.29) is 0 Å². The van der Waals surface area contributed by atoms with E-state index in [9.17, 15) is 0 Å². The van der Waals surface area contributed by atoms with Gasteiger partial charge in [-0.05, 0) is 0 Å². The third kappa shape index (κ3) is 5.56. The number of benzene rings is 2. The van der Waals surface area contributed by atoms with Gasteiger partial charge in [0.25, 0.3) is 0 Å². The second-order valence-corrected chi connectivity index (χ2v) is 7.11. The number of hydrogen-bond donors (Lipinski definition) is 1. The Kier molecular flexibility index (Phi) is 8.93. The van der Waals surface area contributed by atoms with Gasteiger partial charge in [0.2, 0.25) is 0 Å². The van der Waals surface area contributed by atoms with Gasteiger partial charge in [-0.1, -0.05) is 0 Å². The molecule has 0 aliphatic rings. The fourth-order valence-electron chi connectivity index (χ4n) is 2.43. The maximum absolute atomic E-state index is 3.80. The van der Waals surface area contributed by atoms with Gasteiger partial charge in [-0.25, -0.2) is 0 Å². The number of allylic oxidation sites excluding steroid dienone is 1.